The van der Waals surface area contributed by atoms with Gasteiger partial charge in [-0.3, -0.25) is 25.2 Å². The van der Waals surface area contributed by atoms with Crippen molar-refractivity contribution in [3.05, 3.63) is 16.1 Å². The molecule has 1 rings (SSSR count). The number of rotatable bonds is 4. The minimum atomic E-state index is -0.543. The standard InChI is InChI=1S/C11H16N4O3S/c1-4-15(5-2)11(18)8-6-19-10(12-8)9(17)14-13-7(3)16/h6H,4-5H2,1-3H3,(H,13,16)(H,14,17). The molecular weight excluding hydrogens is 268 g/mol. The Morgan fingerprint density at radius 2 is 1.89 bits per heavy atom. The molecule has 2 N–H and O–H groups in total. The molecule has 0 aliphatic carbocycles. The summed E-state index contributed by atoms with van der Waals surface area (Å²) in [4.78, 5) is 39.8. The van der Waals surface area contributed by atoms with Gasteiger partial charge in [-0.25, -0.2) is 4.98 Å². The van der Waals surface area contributed by atoms with Crippen molar-refractivity contribution >= 4 is 29.1 Å². The number of nitrogens with one attached hydrogen (secondary N) is 2. The maximum Gasteiger partial charge on any atom is 0.298 e. The summed E-state index contributed by atoms with van der Waals surface area (Å²) in [6, 6.07) is 0. The first-order valence-corrected chi connectivity index (χ1v) is 6.69. The Labute approximate surface area is 115 Å². The second-order valence-electron chi connectivity index (χ2n) is 3.65. The van der Waals surface area contributed by atoms with Crippen LogP contribution in [0.2, 0.25) is 0 Å². The summed E-state index contributed by atoms with van der Waals surface area (Å²) < 4.78 is 0. The van der Waals surface area contributed by atoms with Crippen LogP contribution in [0.25, 0.3) is 0 Å². The number of hydrogen-bond acceptors (Lipinski definition) is 5. The minimum Gasteiger partial charge on any atom is -0.338 e. The lowest BCUT2D eigenvalue weighted by Crippen LogP contribution is -2.40. The molecule has 0 aromatic carbocycles. The molecule has 3 amide bonds. The first-order valence-electron chi connectivity index (χ1n) is 5.81. The van der Waals surface area contributed by atoms with E-state index in [9.17, 15) is 14.4 Å². The van der Waals surface area contributed by atoms with Gasteiger partial charge >= 0.3 is 0 Å². The van der Waals surface area contributed by atoms with Crippen LogP contribution in [0.1, 0.15) is 41.1 Å². The number of aromatic nitrogens is 1. The van der Waals surface area contributed by atoms with Crippen LogP contribution in [0.15, 0.2) is 5.38 Å². The van der Waals surface area contributed by atoms with E-state index in [4.69, 9.17) is 0 Å². The summed E-state index contributed by atoms with van der Waals surface area (Å²) in [5.41, 5.74) is 4.59. The van der Waals surface area contributed by atoms with Gasteiger partial charge in [-0.15, -0.1) is 11.3 Å². The Kier molecular flexibility index (Phi) is 5.43. The first kappa shape index (κ1) is 15.1. The molecule has 0 radical (unpaired) electrons. The van der Waals surface area contributed by atoms with E-state index in [1.54, 1.807) is 4.90 Å². The van der Waals surface area contributed by atoms with Gasteiger partial charge in [0.2, 0.25) is 5.91 Å². The number of amides is 3. The van der Waals surface area contributed by atoms with E-state index in [0.29, 0.717) is 13.1 Å². The average molecular weight is 284 g/mol. The molecule has 0 unspecified atom stereocenters. The smallest absolute Gasteiger partial charge is 0.298 e. The van der Waals surface area contributed by atoms with Gasteiger partial charge in [0.05, 0.1) is 0 Å². The Balaban J connectivity index is 2.73. The van der Waals surface area contributed by atoms with Gasteiger partial charge in [-0.1, -0.05) is 0 Å². The Bertz CT molecular complexity index is 482. The summed E-state index contributed by atoms with van der Waals surface area (Å²) >= 11 is 1.05. The zero-order chi connectivity index (χ0) is 14.4. The molecule has 0 aliphatic rings. The van der Waals surface area contributed by atoms with Crippen molar-refractivity contribution in [2.75, 3.05) is 13.1 Å². The molecule has 104 valence electrons. The molecule has 0 bridgehead atoms. The molecule has 0 saturated carbocycles. The maximum absolute atomic E-state index is 12.0. The van der Waals surface area contributed by atoms with Crippen molar-refractivity contribution in [3.8, 4) is 0 Å². The van der Waals surface area contributed by atoms with Crippen LogP contribution in [-0.4, -0.2) is 40.7 Å². The summed E-state index contributed by atoms with van der Waals surface area (Å²) in [7, 11) is 0. The molecule has 19 heavy (non-hydrogen) atoms. The predicted octanol–water partition coefficient (Wildman–Crippen LogP) is 0.406. The molecule has 0 fully saturated rings. The van der Waals surface area contributed by atoms with Crippen molar-refractivity contribution in [2.45, 2.75) is 20.8 Å². The van der Waals surface area contributed by atoms with Gasteiger partial charge in [0.15, 0.2) is 5.01 Å². The lowest BCUT2D eigenvalue weighted by Gasteiger charge is -2.16. The third-order valence-electron chi connectivity index (χ3n) is 2.32. The second kappa shape index (κ2) is 6.83. The van der Waals surface area contributed by atoms with Crippen LogP contribution in [0.5, 0.6) is 0 Å². The van der Waals surface area contributed by atoms with Gasteiger partial charge in [0, 0.05) is 25.4 Å². The highest BCUT2D eigenvalue weighted by molar-refractivity contribution is 7.11. The van der Waals surface area contributed by atoms with E-state index in [2.05, 4.69) is 15.8 Å². The van der Waals surface area contributed by atoms with Crippen LogP contribution < -0.4 is 10.9 Å². The van der Waals surface area contributed by atoms with E-state index in [1.165, 1.54) is 12.3 Å². The third kappa shape index (κ3) is 4.02. The summed E-state index contributed by atoms with van der Waals surface area (Å²) in [6.45, 7) is 6.19. The molecule has 0 saturated heterocycles. The monoisotopic (exact) mass is 284 g/mol. The van der Waals surface area contributed by atoms with Crippen molar-refractivity contribution in [2.24, 2.45) is 0 Å². The summed E-state index contributed by atoms with van der Waals surface area (Å²) in [6.07, 6.45) is 0. The van der Waals surface area contributed by atoms with Crippen molar-refractivity contribution in [1.82, 2.24) is 20.7 Å². The fourth-order valence-electron chi connectivity index (χ4n) is 1.35. The Morgan fingerprint density at radius 1 is 1.26 bits per heavy atom. The third-order valence-corrected chi connectivity index (χ3v) is 3.16. The van der Waals surface area contributed by atoms with Crippen molar-refractivity contribution < 1.29 is 14.4 Å². The number of hydrogen-bond donors (Lipinski definition) is 2. The molecule has 1 heterocycles. The summed E-state index contributed by atoms with van der Waals surface area (Å²) in [5.74, 6) is -1.14. The topological polar surface area (TPSA) is 91.4 Å². The molecule has 1 aromatic heterocycles. The van der Waals surface area contributed by atoms with Crippen LogP contribution in [0.3, 0.4) is 0 Å². The zero-order valence-electron chi connectivity index (χ0n) is 11.0. The fraction of sp³-hybridized carbons (Fsp3) is 0.455. The van der Waals surface area contributed by atoms with E-state index >= 15 is 0 Å². The normalized spacial score (nSPS) is 9.84. The SMILES string of the molecule is CCN(CC)C(=O)c1csc(C(=O)NNC(C)=O)n1. The highest BCUT2D eigenvalue weighted by Gasteiger charge is 2.18. The second-order valence-corrected chi connectivity index (χ2v) is 4.51. The molecule has 0 aliphatic heterocycles. The number of carbonyl (C=O) groups is 3. The molecule has 1 aromatic rings. The number of carbonyl (C=O) groups excluding carboxylic acids is 3. The van der Waals surface area contributed by atoms with Gasteiger partial charge < -0.3 is 4.90 Å². The number of hydrazine groups is 1. The van der Waals surface area contributed by atoms with E-state index in [0.717, 1.165) is 11.3 Å². The van der Waals surface area contributed by atoms with Crippen LogP contribution >= 0.6 is 11.3 Å². The van der Waals surface area contributed by atoms with Crippen molar-refractivity contribution in [3.63, 3.8) is 0 Å². The van der Waals surface area contributed by atoms with Crippen LogP contribution in [-0.2, 0) is 4.79 Å². The Morgan fingerprint density at radius 3 is 2.42 bits per heavy atom. The number of thiazole rings is 1. The zero-order valence-corrected chi connectivity index (χ0v) is 11.8. The maximum atomic E-state index is 12.0. The van der Waals surface area contributed by atoms with Gasteiger partial charge in [0.1, 0.15) is 5.69 Å². The lowest BCUT2D eigenvalue weighted by atomic mass is 10.4. The van der Waals surface area contributed by atoms with Crippen molar-refractivity contribution in [1.29, 1.82) is 0 Å². The quantitative estimate of drug-likeness (QED) is 0.783. The summed E-state index contributed by atoms with van der Waals surface area (Å²) in [5, 5.41) is 1.66. The average Bonchev–Trinajstić information content (AvgIpc) is 2.86. The van der Waals surface area contributed by atoms with Gasteiger partial charge in [-0.2, -0.15) is 0 Å². The van der Waals surface area contributed by atoms with Crippen LogP contribution in [0.4, 0.5) is 0 Å². The van der Waals surface area contributed by atoms with E-state index < -0.39 is 5.91 Å². The van der Waals surface area contributed by atoms with Gasteiger partial charge in [0.25, 0.3) is 11.8 Å². The van der Waals surface area contributed by atoms with Gasteiger partial charge in [-0.05, 0) is 13.8 Å². The number of nitrogens with zero attached hydrogens (tertiary/aromatic N) is 2. The fourth-order valence-corrected chi connectivity index (χ4v) is 2.03. The largest absolute Gasteiger partial charge is 0.338 e. The van der Waals surface area contributed by atoms with Crippen LogP contribution in [0, 0.1) is 0 Å². The molecule has 8 heteroatoms. The molecule has 0 atom stereocenters. The molecular formula is C11H16N4O3S. The molecule has 0 spiro atoms. The highest BCUT2D eigenvalue weighted by atomic mass is 32.1. The lowest BCUT2D eigenvalue weighted by molar-refractivity contribution is -0.119. The molecule has 7 nitrogen and oxygen atoms in total. The minimum absolute atomic E-state index is 0.129. The van der Waals surface area contributed by atoms with E-state index in [1.807, 2.05) is 13.8 Å². The highest BCUT2D eigenvalue weighted by Crippen LogP contribution is 2.11. The van der Waals surface area contributed by atoms with E-state index in [-0.39, 0.29) is 22.5 Å². The Hall–Kier alpha value is -1.96. The first-order chi connectivity index (χ1) is 8.99. The predicted molar refractivity (Wildman–Crippen MR) is 70.6 cm³/mol.